The highest BCUT2D eigenvalue weighted by molar-refractivity contribution is 5.35. The van der Waals surface area contributed by atoms with Gasteiger partial charge in [-0.05, 0) is 31.5 Å². The molecule has 1 fully saturated rings. The van der Waals surface area contributed by atoms with Gasteiger partial charge in [-0.3, -0.25) is 4.79 Å². The van der Waals surface area contributed by atoms with Gasteiger partial charge in [-0.2, -0.15) is 0 Å². The van der Waals surface area contributed by atoms with Crippen LogP contribution in [0.3, 0.4) is 0 Å². The molecule has 0 aromatic carbocycles. The molecule has 1 aliphatic rings. The Morgan fingerprint density at radius 3 is 2.92 bits per heavy atom. The first-order valence-corrected chi connectivity index (χ1v) is 4.49. The summed E-state index contributed by atoms with van der Waals surface area (Å²) in [6.07, 6.45) is 2.25. The third-order valence-electron chi connectivity index (χ3n) is 2.40. The molecule has 4 nitrogen and oxygen atoms in total. The van der Waals surface area contributed by atoms with E-state index in [1.54, 1.807) is 6.07 Å². The Bertz CT molecular complexity index is 352. The van der Waals surface area contributed by atoms with Gasteiger partial charge in [-0.15, -0.1) is 0 Å². The summed E-state index contributed by atoms with van der Waals surface area (Å²) in [6, 6.07) is 3.83. The zero-order valence-corrected chi connectivity index (χ0v) is 7.34. The normalized spacial score (nSPS) is 22.0. The van der Waals surface area contributed by atoms with Crippen LogP contribution < -0.4 is 16.6 Å². The number of aromatic amines is 1. The second-order valence-electron chi connectivity index (χ2n) is 3.35. The van der Waals surface area contributed by atoms with E-state index in [1.165, 1.54) is 0 Å². The van der Waals surface area contributed by atoms with Crippen LogP contribution >= 0.6 is 0 Å². The van der Waals surface area contributed by atoms with E-state index in [-0.39, 0.29) is 11.2 Å². The highest BCUT2D eigenvalue weighted by Crippen LogP contribution is 2.20. The van der Waals surface area contributed by atoms with Gasteiger partial charge in [0, 0.05) is 11.7 Å². The first-order valence-electron chi connectivity index (χ1n) is 4.49. The maximum absolute atomic E-state index is 11.2. The molecular formula is C9H13N3O. The molecule has 1 aromatic heterocycles. The van der Waals surface area contributed by atoms with Crippen molar-refractivity contribution in [3.63, 3.8) is 0 Å². The van der Waals surface area contributed by atoms with Crippen molar-refractivity contribution in [3.05, 3.63) is 28.2 Å². The summed E-state index contributed by atoms with van der Waals surface area (Å²) >= 11 is 0. The molecule has 0 radical (unpaired) electrons. The van der Waals surface area contributed by atoms with Crippen LogP contribution in [-0.2, 0) is 0 Å². The molecule has 1 aromatic rings. The van der Waals surface area contributed by atoms with Gasteiger partial charge in [0.1, 0.15) is 0 Å². The van der Waals surface area contributed by atoms with Crippen molar-refractivity contribution in [1.82, 2.24) is 10.3 Å². The van der Waals surface area contributed by atoms with Crippen LogP contribution in [0.4, 0.5) is 5.69 Å². The van der Waals surface area contributed by atoms with Gasteiger partial charge < -0.3 is 16.0 Å². The number of anilines is 1. The monoisotopic (exact) mass is 179 g/mol. The van der Waals surface area contributed by atoms with Crippen molar-refractivity contribution in [3.8, 4) is 0 Å². The molecule has 70 valence electrons. The third kappa shape index (κ3) is 1.58. The number of hydrogen-bond acceptors (Lipinski definition) is 3. The van der Waals surface area contributed by atoms with Crippen molar-refractivity contribution in [2.75, 3.05) is 12.3 Å². The van der Waals surface area contributed by atoms with Crippen molar-refractivity contribution in [2.24, 2.45) is 0 Å². The molecule has 0 bridgehead atoms. The van der Waals surface area contributed by atoms with Gasteiger partial charge in [0.2, 0.25) is 0 Å². The standard InChI is InChI=1S/C9H13N3O/c10-6-3-4-8(12-9(6)13)7-2-1-5-11-7/h3-4,7,11H,1-2,5,10H2,(H,12,13). The summed E-state index contributed by atoms with van der Waals surface area (Å²) < 4.78 is 0. The highest BCUT2D eigenvalue weighted by Gasteiger charge is 2.16. The number of nitrogens with one attached hydrogen (secondary N) is 2. The summed E-state index contributed by atoms with van der Waals surface area (Å²) in [6.45, 7) is 1.02. The van der Waals surface area contributed by atoms with E-state index in [9.17, 15) is 4.79 Å². The summed E-state index contributed by atoms with van der Waals surface area (Å²) in [7, 11) is 0. The number of nitrogens with two attached hydrogens (primary N) is 1. The Labute approximate surface area is 76.2 Å². The molecule has 1 aliphatic heterocycles. The van der Waals surface area contributed by atoms with Gasteiger partial charge in [-0.1, -0.05) is 0 Å². The quantitative estimate of drug-likeness (QED) is 0.583. The molecule has 0 amide bonds. The summed E-state index contributed by atoms with van der Waals surface area (Å²) in [5.74, 6) is 0. The lowest BCUT2D eigenvalue weighted by Crippen LogP contribution is -2.19. The van der Waals surface area contributed by atoms with Crippen LogP contribution in [0.15, 0.2) is 16.9 Å². The van der Waals surface area contributed by atoms with Crippen LogP contribution in [0, 0.1) is 0 Å². The topological polar surface area (TPSA) is 70.9 Å². The lowest BCUT2D eigenvalue weighted by molar-refractivity contribution is 0.626. The fourth-order valence-corrected chi connectivity index (χ4v) is 1.65. The van der Waals surface area contributed by atoms with Crippen LogP contribution in [0.2, 0.25) is 0 Å². The zero-order valence-electron chi connectivity index (χ0n) is 7.34. The Morgan fingerprint density at radius 2 is 2.31 bits per heavy atom. The molecule has 1 saturated heterocycles. The number of pyridine rings is 1. The largest absolute Gasteiger partial charge is 0.394 e. The van der Waals surface area contributed by atoms with Gasteiger partial charge in [0.15, 0.2) is 0 Å². The Kier molecular flexibility index (Phi) is 2.06. The van der Waals surface area contributed by atoms with E-state index in [0.29, 0.717) is 6.04 Å². The van der Waals surface area contributed by atoms with Crippen LogP contribution in [0.25, 0.3) is 0 Å². The summed E-state index contributed by atoms with van der Waals surface area (Å²) in [5, 5.41) is 3.31. The highest BCUT2D eigenvalue weighted by atomic mass is 16.1. The maximum Gasteiger partial charge on any atom is 0.271 e. The second kappa shape index (κ2) is 3.22. The third-order valence-corrected chi connectivity index (χ3v) is 2.40. The first kappa shape index (κ1) is 8.31. The molecule has 0 aliphatic carbocycles. The van der Waals surface area contributed by atoms with E-state index in [0.717, 1.165) is 25.1 Å². The molecule has 2 rings (SSSR count). The summed E-state index contributed by atoms with van der Waals surface area (Å²) in [5.41, 5.74) is 6.46. The first-order chi connectivity index (χ1) is 6.27. The van der Waals surface area contributed by atoms with Crippen molar-refractivity contribution >= 4 is 5.69 Å². The average Bonchev–Trinajstić information content (AvgIpc) is 2.62. The number of nitrogen functional groups attached to an aromatic ring is 1. The summed E-state index contributed by atoms with van der Waals surface area (Å²) in [4.78, 5) is 14.0. The fraction of sp³-hybridized carbons (Fsp3) is 0.444. The van der Waals surface area contributed by atoms with Crippen molar-refractivity contribution in [1.29, 1.82) is 0 Å². The smallest absolute Gasteiger partial charge is 0.271 e. The molecule has 13 heavy (non-hydrogen) atoms. The van der Waals surface area contributed by atoms with Crippen molar-refractivity contribution in [2.45, 2.75) is 18.9 Å². The average molecular weight is 179 g/mol. The number of aromatic nitrogens is 1. The lowest BCUT2D eigenvalue weighted by Gasteiger charge is -2.09. The molecule has 0 saturated carbocycles. The molecule has 0 spiro atoms. The molecular weight excluding hydrogens is 166 g/mol. The number of H-pyrrole nitrogens is 1. The van der Waals surface area contributed by atoms with Crippen LogP contribution in [0.5, 0.6) is 0 Å². The predicted octanol–water partition coefficient (Wildman–Crippen LogP) is 0.382. The minimum Gasteiger partial charge on any atom is -0.394 e. The van der Waals surface area contributed by atoms with Crippen LogP contribution in [0.1, 0.15) is 24.6 Å². The molecule has 2 heterocycles. The van der Waals surface area contributed by atoms with Crippen LogP contribution in [-0.4, -0.2) is 11.5 Å². The van der Waals surface area contributed by atoms with E-state index in [4.69, 9.17) is 5.73 Å². The van der Waals surface area contributed by atoms with Gasteiger partial charge in [0.05, 0.1) is 5.69 Å². The Hall–Kier alpha value is -1.29. The fourth-order valence-electron chi connectivity index (χ4n) is 1.65. The van der Waals surface area contributed by atoms with Gasteiger partial charge in [-0.25, -0.2) is 0 Å². The minimum atomic E-state index is -0.189. The maximum atomic E-state index is 11.2. The number of rotatable bonds is 1. The molecule has 4 heteroatoms. The van der Waals surface area contributed by atoms with E-state index in [1.807, 2.05) is 6.07 Å². The second-order valence-corrected chi connectivity index (χ2v) is 3.35. The van der Waals surface area contributed by atoms with E-state index in [2.05, 4.69) is 10.3 Å². The molecule has 1 atom stereocenters. The van der Waals surface area contributed by atoms with E-state index < -0.39 is 0 Å². The van der Waals surface area contributed by atoms with E-state index >= 15 is 0 Å². The lowest BCUT2D eigenvalue weighted by atomic mass is 10.1. The Morgan fingerprint density at radius 1 is 1.46 bits per heavy atom. The van der Waals surface area contributed by atoms with Crippen molar-refractivity contribution < 1.29 is 0 Å². The zero-order chi connectivity index (χ0) is 9.26. The SMILES string of the molecule is Nc1ccc(C2CCCN2)[nH]c1=O. The van der Waals surface area contributed by atoms with Gasteiger partial charge in [0.25, 0.3) is 5.56 Å². The number of hydrogen-bond donors (Lipinski definition) is 3. The minimum absolute atomic E-state index is 0.189. The molecule has 1 unspecified atom stereocenters. The molecule has 4 N–H and O–H groups in total. The Balaban J connectivity index is 2.30. The van der Waals surface area contributed by atoms with Gasteiger partial charge >= 0.3 is 0 Å². The predicted molar refractivity (Wildman–Crippen MR) is 51.5 cm³/mol.